The fraction of sp³-hybridized carbons (Fsp3) is 0.154. The van der Waals surface area contributed by atoms with E-state index in [2.05, 4.69) is 4.98 Å². The molecule has 1 aromatic carbocycles. The van der Waals surface area contributed by atoms with E-state index in [0.717, 1.165) is 11.1 Å². The molecule has 0 aliphatic carbocycles. The zero-order chi connectivity index (χ0) is 11.5. The Morgan fingerprint density at radius 2 is 1.69 bits per heavy atom. The van der Waals surface area contributed by atoms with Crippen LogP contribution in [-0.4, -0.2) is 4.98 Å². The van der Waals surface area contributed by atoms with E-state index >= 15 is 0 Å². The molecule has 0 saturated carbocycles. The van der Waals surface area contributed by atoms with Gasteiger partial charge in [0.2, 0.25) is 0 Å². The van der Waals surface area contributed by atoms with Gasteiger partial charge in [0.25, 0.3) is 6.43 Å². The van der Waals surface area contributed by atoms with Crippen LogP contribution >= 0.6 is 0 Å². The topological polar surface area (TPSA) is 12.9 Å². The summed E-state index contributed by atoms with van der Waals surface area (Å²) in [4.78, 5) is 4.02. The summed E-state index contributed by atoms with van der Waals surface area (Å²) < 4.78 is 24.6. The third-order valence-electron chi connectivity index (χ3n) is 2.39. The molecule has 0 unspecified atom stereocenters. The summed E-state index contributed by atoms with van der Waals surface area (Å²) >= 11 is 0. The lowest BCUT2D eigenvalue weighted by Crippen LogP contribution is -1.88. The van der Waals surface area contributed by atoms with Crippen molar-refractivity contribution in [3.05, 3.63) is 53.7 Å². The molecule has 0 atom stereocenters. The summed E-state index contributed by atoms with van der Waals surface area (Å²) in [6, 6.07) is 10.8. The van der Waals surface area contributed by atoms with Gasteiger partial charge in [-0.3, -0.25) is 4.98 Å². The molecule has 0 saturated heterocycles. The molecule has 0 N–H and O–H groups in total. The number of hydrogen-bond acceptors (Lipinski definition) is 1. The van der Waals surface area contributed by atoms with Crippen LogP contribution in [0, 0.1) is 6.92 Å². The number of benzene rings is 1. The number of halogens is 2. The van der Waals surface area contributed by atoms with Crippen LogP contribution in [0.4, 0.5) is 8.78 Å². The first-order valence-corrected chi connectivity index (χ1v) is 4.98. The Hall–Kier alpha value is -1.77. The Kier molecular flexibility index (Phi) is 2.95. The average molecular weight is 219 g/mol. The molecule has 82 valence electrons. The van der Waals surface area contributed by atoms with E-state index < -0.39 is 6.43 Å². The van der Waals surface area contributed by atoms with Crippen LogP contribution < -0.4 is 0 Å². The molecule has 0 spiro atoms. The Bertz CT molecular complexity index is 460. The number of aryl methyl sites for hydroxylation is 1. The second kappa shape index (κ2) is 4.39. The first-order chi connectivity index (χ1) is 7.66. The molecule has 1 heterocycles. The van der Waals surface area contributed by atoms with Crippen LogP contribution in [0.15, 0.2) is 42.6 Å². The van der Waals surface area contributed by atoms with E-state index in [4.69, 9.17) is 0 Å². The largest absolute Gasteiger partial charge is 0.265 e. The van der Waals surface area contributed by atoms with Gasteiger partial charge < -0.3 is 0 Å². The molecule has 1 nitrogen and oxygen atoms in total. The zero-order valence-corrected chi connectivity index (χ0v) is 8.82. The van der Waals surface area contributed by atoms with E-state index in [-0.39, 0.29) is 5.56 Å². The third-order valence-corrected chi connectivity index (χ3v) is 2.39. The second-order valence-corrected chi connectivity index (χ2v) is 3.64. The number of aromatic nitrogens is 1. The lowest BCUT2D eigenvalue weighted by Gasteiger charge is -2.03. The van der Waals surface area contributed by atoms with Crippen LogP contribution in [-0.2, 0) is 0 Å². The highest BCUT2D eigenvalue weighted by atomic mass is 19.3. The highest BCUT2D eigenvalue weighted by Gasteiger charge is 2.07. The molecule has 0 aliphatic rings. The van der Waals surface area contributed by atoms with E-state index in [1.807, 2.05) is 31.2 Å². The minimum absolute atomic E-state index is 0.0455. The highest BCUT2D eigenvalue weighted by Crippen LogP contribution is 2.21. The Morgan fingerprint density at radius 3 is 2.19 bits per heavy atom. The Balaban J connectivity index is 2.31. The molecular weight excluding hydrogens is 208 g/mol. The van der Waals surface area contributed by atoms with Gasteiger partial charge in [-0.1, -0.05) is 29.8 Å². The van der Waals surface area contributed by atoms with Gasteiger partial charge in [0.1, 0.15) is 0 Å². The highest BCUT2D eigenvalue weighted by molar-refractivity contribution is 5.59. The van der Waals surface area contributed by atoms with Gasteiger partial charge in [-0.25, -0.2) is 8.78 Å². The van der Waals surface area contributed by atoms with E-state index in [9.17, 15) is 8.78 Å². The molecule has 0 fully saturated rings. The molecular formula is C13H11F2N. The summed E-state index contributed by atoms with van der Waals surface area (Å²) in [6.07, 6.45) is -1.24. The molecule has 0 aliphatic heterocycles. The summed E-state index contributed by atoms with van der Waals surface area (Å²) in [5.41, 5.74) is 2.76. The quantitative estimate of drug-likeness (QED) is 0.744. The van der Waals surface area contributed by atoms with Gasteiger partial charge in [-0.05, 0) is 19.1 Å². The van der Waals surface area contributed by atoms with Gasteiger partial charge >= 0.3 is 0 Å². The molecule has 0 radical (unpaired) electrons. The van der Waals surface area contributed by atoms with Crippen molar-refractivity contribution in [3.63, 3.8) is 0 Å². The minimum Gasteiger partial charge on any atom is -0.256 e. The molecule has 3 heteroatoms. The van der Waals surface area contributed by atoms with Crippen molar-refractivity contribution in [3.8, 4) is 11.3 Å². The standard InChI is InChI=1S/C13H11F2N/c1-9-2-4-10(5-3-9)12-7-6-11(8-16-12)13(14)15/h2-8,13H,1H3. The van der Waals surface area contributed by atoms with E-state index in [1.165, 1.54) is 12.3 Å². The van der Waals surface area contributed by atoms with E-state index in [1.54, 1.807) is 6.07 Å². The predicted molar refractivity (Wildman–Crippen MR) is 59.4 cm³/mol. The van der Waals surface area contributed by atoms with Crippen LogP contribution in [0.5, 0.6) is 0 Å². The second-order valence-electron chi connectivity index (χ2n) is 3.64. The van der Waals surface area contributed by atoms with Crippen molar-refractivity contribution in [1.82, 2.24) is 4.98 Å². The third kappa shape index (κ3) is 2.24. The molecule has 0 bridgehead atoms. The van der Waals surface area contributed by atoms with Gasteiger partial charge in [-0.2, -0.15) is 0 Å². The number of pyridine rings is 1. The summed E-state index contributed by atoms with van der Waals surface area (Å²) in [7, 11) is 0. The molecule has 2 aromatic rings. The zero-order valence-electron chi connectivity index (χ0n) is 8.82. The summed E-state index contributed by atoms with van der Waals surface area (Å²) in [5, 5.41) is 0. The minimum atomic E-state index is -2.46. The maximum atomic E-state index is 12.3. The summed E-state index contributed by atoms with van der Waals surface area (Å²) in [6.45, 7) is 2.00. The van der Waals surface area contributed by atoms with Gasteiger partial charge in [0.05, 0.1) is 5.69 Å². The SMILES string of the molecule is Cc1ccc(-c2ccc(C(F)F)cn2)cc1. The van der Waals surface area contributed by atoms with Crippen molar-refractivity contribution in [2.45, 2.75) is 13.3 Å². The average Bonchev–Trinajstić information content (AvgIpc) is 2.30. The van der Waals surface area contributed by atoms with Crippen LogP contribution in [0.1, 0.15) is 17.6 Å². The molecule has 1 aromatic heterocycles. The number of alkyl halides is 2. The first kappa shape index (κ1) is 10.7. The number of hydrogen-bond donors (Lipinski definition) is 0. The van der Waals surface area contributed by atoms with Crippen LogP contribution in [0.3, 0.4) is 0 Å². The smallest absolute Gasteiger partial charge is 0.256 e. The first-order valence-electron chi connectivity index (χ1n) is 4.98. The van der Waals surface area contributed by atoms with E-state index in [0.29, 0.717) is 5.69 Å². The van der Waals surface area contributed by atoms with Crippen molar-refractivity contribution < 1.29 is 8.78 Å². The lowest BCUT2D eigenvalue weighted by molar-refractivity contribution is 0.151. The maximum absolute atomic E-state index is 12.3. The normalized spacial score (nSPS) is 10.8. The van der Waals surface area contributed by atoms with Gasteiger partial charge in [0, 0.05) is 17.3 Å². The number of rotatable bonds is 2. The van der Waals surface area contributed by atoms with Crippen molar-refractivity contribution in [1.29, 1.82) is 0 Å². The Morgan fingerprint density at radius 1 is 1.00 bits per heavy atom. The number of nitrogens with zero attached hydrogens (tertiary/aromatic N) is 1. The predicted octanol–water partition coefficient (Wildman–Crippen LogP) is 3.99. The Labute approximate surface area is 92.8 Å². The van der Waals surface area contributed by atoms with Gasteiger partial charge in [0.15, 0.2) is 0 Å². The lowest BCUT2D eigenvalue weighted by atomic mass is 10.1. The van der Waals surface area contributed by atoms with Crippen LogP contribution in [0.2, 0.25) is 0 Å². The fourth-order valence-electron chi connectivity index (χ4n) is 1.43. The maximum Gasteiger partial charge on any atom is 0.265 e. The van der Waals surface area contributed by atoms with Crippen molar-refractivity contribution >= 4 is 0 Å². The van der Waals surface area contributed by atoms with Gasteiger partial charge in [-0.15, -0.1) is 0 Å². The molecule has 2 rings (SSSR count). The monoisotopic (exact) mass is 219 g/mol. The molecule has 16 heavy (non-hydrogen) atoms. The van der Waals surface area contributed by atoms with Crippen molar-refractivity contribution in [2.75, 3.05) is 0 Å². The molecule has 0 amide bonds. The summed E-state index contributed by atoms with van der Waals surface area (Å²) in [5.74, 6) is 0. The fourth-order valence-corrected chi connectivity index (χ4v) is 1.43. The van der Waals surface area contributed by atoms with Crippen LogP contribution in [0.25, 0.3) is 11.3 Å². The van der Waals surface area contributed by atoms with Crippen molar-refractivity contribution in [2.24, 2.45) is 0 Å².